The fraction of sp³-hybridized carbons (Fsp3) is 0.120. The fourth-order valence-corrected chi connectivity index (χ4v) is 3.26. The topological polar surface area (TPSA) is 52.5 Å². The SMILES string of the molecule is C=CCc1ccc(O)c(-c2cc(CC=C)cc(NCc3ccc(F)c(F)c3)c2O)c1. The molecule has 0 atom stereocenters. The minimum Gasteiger partial charge on any atom is -0.507 e. The van der Waals surface area contributed by atoms with Gasteiger partial charge in [-0.15, -0.1) is 13.2 Å². The molecule has 0 aliphatic heterocycles. The molecular formula is C25H23F2NO2. The van der Waals surface area contributed by atoms with Gasteiger partial charge < -0.3 is 15.5 Å². The van der Waals surface area contributed by atoms with Crippen LogP contribution in [-0.2, 0) is 19.4 Å². The van der Waals surface area contributed by atoms with Crippen LogP contribution in [0.1, 0.15) is 16.7 Å². The Kier molecular flexibility index (Phi) is 6.52. The van der Waals surface area contributed by atoms with E-state index in [1.165, 1.54) is 6.07 Å². The number of phenolic OH excluding ortho intramolecular Hbond substituents is 2. The van der Waals surface area contributed by atoms with E-state index in [1.807, 2.05) is 6.07 Å². The van der Waals surface area contributed by atoms with Crippen LogP contribution in [0.25, 0.3) is 11.1 Å². The highest BCUT2D eigenvalue weighted by molar-refractivity contribution is 5.82. The number of rotatable bonds is 8. The maximum Gasteiger partial charge on any atom is 0.159 e. The summed E-state index contributed by atoms with van der Waals surface area (Å²) in [5.74, 6) is -1.84. The largest absolute Gasteiger partial charge is 0.507 e. The molecule has 3 N–H and O–H groups in total. The highest BCUT2D eigenvalue weighted by atomic mass is 19.2. The minimum atomic E-state index is -0.927. The van der Waals surface area contributed by atoms with Gasteiger partial charge in [0.25, 0.3) is 0 Å². The summed E-state index contributed by atoms with van der Waals surface area (Å²) >= 11 is 0. The number of hydrogen-bond donors (Lipinski definition) is 3. The number of benzene rings is 3. The van der Waals surface area contributed by atoms with Crippen molar-refractivity contribution in [2.75, 3.05) is 5.32 Å². The molecule has 154 valence electrons. The predicted molar refractivity (Wildman–Crippen MR) is 117 cm³/mol. The van der Waals surface area contributed by atoms with Crippen molar-refractivity contribution in [1.82, 2.24) is 0 Å². The lowest BCUT2D eigenvalue weighted by atomic mass is 9.96. The maximum atomic E-state index is 13.5. The molecule has 0 amide bonds. The van der Waals surface area contributed by atoms with E-state index in [0.29, 0.717) is 35.2 Å². The van der Waals surface area contributed by atoms with Crippen LogP contribution in [0, 0.1) is 11.6 Å². The summed E-state index contributed by atoms with van der Waals surface area (Å²) in [5.41, 5.74) is 3.73. The molecule has 0 aliphatic rings. The number of nitrogens with one attached hydrogen (secondary N) is 1. The quantitative estimate of drug-likeness (QED) is 0.312. The zero-order valence-electron chi connectivity index (χ0n) is 16.5. The van der Waals surface area contributed by atoms with E-state index in [2.05, 4.69) is 18.5 Å². The van der Waals surface area contributed by atoms with Crippen molar-refractivity contribution in [3.8, 4) is 22.6 Å². The van der Waals surface area contributed by atoms with Crippen LogP contribution >= 0.6 is 0 Å². The predicted octanol–water partition coefficient (Wildman–Crippen LogP) is 6.11. The molecule has 30 heavy (non-hydrogen) atoms. The van der Waals surface area contributed by atoms with Crippen LogP contribution in [0.3, 0.4) is 0 Å². The average Bonchev–Trinajstić information content (AvgIpc) is 2.72. The number of phenols is 2. The minimum absolute atomic E-state index is 0.0421. The number of allylic oxidation sites excluding steroid dienone is 2. The second-order valence-electron chi connectivity index (χ2n) is 6.98. The van der Waals surface area contributed by atoms with Crippen molar-refractivity contribution in [1.29, 1.82) is 0 Å². The van der Waals surface area contributed by atoms with Gasteiger partial charge in [0.15, 0.2) is 11.6 Å². The summed E-state index contributed by atoms with van der Waals surface area (Å²) in [6, 6.07) is 12.4. The van der Waals surface area contributed by atoms with Gasteiger partial charge in [-0.05, 0) is 65.9 Å². The molecule has 0 unspecified atom stereocenters. The van der Waals surface area contributed by atoms with Gasteiger partial charge in [-0.3, -0.25) is 0 Å². The molecule has 0 aromatic heterocycles. The Bertz CT molecular complexity index is 1090. The smallest absolute Gasteiger partial charge is 0.159 e. The van der Waals surface area contributed by atoms with Crippen LogP contribution in [-0.4, -0.2) is 10.2 Å². The molecule has 0 heterocycles. The van der Waals surface area contributed by atoms with Crippen LogP contribution in [0.2, 0.25) is 0 Å². The Balaban J connectivity index is 2.01. The van der Waals surface area contributed by atoms with E-state index in [9.17, 15) is 19.0 Å². The first kappa shape index (κ1) is 21.1. The van der Waals surface area contributed by atoms with Crippen molar-refractivity contribution in [3.63, 3.8) is 0 Å². The van der Waals surface area contributed by atoms with Gasteiger partial charge in [0, 0.05) is 17.7 Å². The Morgan fingerprint density at radius 2 is 1.43 bits per heavy atom. The van der Waals surface area contributed by atoms with Crippen LogP contribution in [0.15, 0.2) is 73.8 Å². The molecule has 0 aliphatic carbocycles. The molecule has 0 saturated heterocycles. The summed E-state index contributed by atoms with van der Waals surface area (Å²) in [5, 5.41) is 24.4. The highest BCUT2D eigenvalue weighted by Gasteiger charge is 2.15. The average molecular weight is 407 g/mol. The molecule has 5 heteroatoms. The first-order valence-electron chi connectivity index (χ1n) is 9.50. The van der Waals surface area contributed by atoms with E-state index < -0.39 is 11.6 Å². The Labute approximate surface area is 174 Å². The van der Waals surface area contributed by atoms with Crippen molar-refractivity contribution >= 4 is 5.69 Å². The summed E-state index contributed by atoms with van der Waals surface area (Å²) in [7, 11) is 0. The van der Waals surface area contributed by atoms with Crippen LogP contribution in [0.5, 0.6) is 11.5 Å². The van der Waals surface area contributed by atoms with E-state index in [0.717, 1.165) is 23.3 Å². The Hall–Kier alpha value is -3.60. The van der Waals surface area contributed by atoms with E-state index >= 15 is 0 Å². The second kappa shape index (κ2) is 9.27. The molecule has 3 nitrogen and oxygen atoms in total. The normalized spacial score (nSPS) is 10.6. The summed E-state index contributed by atoms with van der Waals surface area (Å²) in [4.78, 5) is 0. The van der Waals surface area contributed by atoms with Crippen molar-refractivity contribution in [2.45, 2.75) is 19.4 Å². The van der Waals surface area contributed by atoms with Gasteiger partial charge in [-0.25, -0.2) is 8.78 Å². The number of aromatic hydroxyl groups is 2. The van der Waals surface area contributed by atoms with Crippen molar-refractivity contribution in [2.24, 2.45) is 0 Å². The number of halogens is 2. The third-order valence-electron chi connectivity index (χ3n) is 4.75. The molecule has 0 saturated carbocycles. The molecule has 0 radical (unpaired) electrons. The summed E-state index contributed by atoms with van der Waals surface area (Å²) < 4.78 is 26.6. The fourth-order valence-electron chi connectivity index (χ4n) is 3.26. The second-order valence-corrected chi connectivity index (χ2v) is 6.98. The summed E-state index contributed by atoms with van der Waals surface area (Å²) in [6.07, 6.45) is 4.68. The standard InChI is InChI=1S/C25H23F2NO2/c1-3-5-16-8-10-24(29)19(11-16)20-12-17(6-4-2)14-23(25(20)30)28-15-18-7-9-21(26)22(27)13-18/h3-4,7-14,28-30H,1-2,5-6,15H2. The number of hydrogen-bond acceptors (Lipinski definition) is 3. The molecular weight excluding hydrogens is 384 g/mol. The van der Waals surface area contributed by atoms with Gasteiger partial charge >= 0.3 is 0 Å². The van der Waals surface area contributed by atoms with Crippen LogP contribution < -0.4 is 5.32 Å². The lowest BCUT2D eigenvalue weighted by Crippen LogP contribution is -2.02. The molecule has 0 fully saturated rings. The Morgan fingerprint density at radius 1 is 0.767 bits per heavy atom. The van der Waals surface area contributed by atoms with E-state index in [1.54, 1.807) is 36.4 Å². The lowest BCUT2D eigenvalue weighted by Gasteiger charge is -2.16. The van der Waals surface area contributed by atoms with Gasteiger partial charge in [0.1, 0.15) is 11.5 Å². The first-order chi connectivity index (χ1) is 14.4. The number of anilines is 1. The molecule has 3 rings (SSSR count). The van der Waals surface area contributed by atoms with E-state index in [4.69, 9.17) is 0 Å². The zero-order chi connectivity index (χ0) is 21.7. The highest BCUT2D eigenvalue weighted by Crippen LogP contribution is 2.41. The van der Waals surface area contributed by atoms with Gasteiger partial charge in [0.2, 0.25) is 0 Å². The van der Waals surface area contributed by atoms with Gasteiger partial charge in [0.05, 0.1) is 5.69 Å². The monoisotopic (exact) mass is 407 g/mol. The Morgan fingerprint density at radius 3 is 2.13 bits per heavy atom. The molecule has 3 aromatic rings. The lowest BCUT2D eigenvalue weighted by molar-refractivity contribution is 0.470. The summed E-state index contributed by atoms with van der Waals surface area (Å²) in [6.45, 7) is 7.67. The zero-order valence-corrected chi connectivity index (χ0v) is 16.5. The third-order valence-corrected chi connectivity index (χ3v) is 4.75. The molecule has 0 bridgehead atoms. The third kappa shape index (κ3) is 4.69. The van der Waals surface area contributed by atoms with Gasteiger partial charge in [-0.2, -0.15) is 0 Å². The van der Waals surface area contributed by atoms with Gasteiger partial charge in [-0.1, -0.05) is 24.3 Å². The molecule has 0 spiro atoms. The van der Waals surface area contributed by atoms with Crippen LogP contribution in [0.4, 0.5) is 14.5 Å². The molecule has 3 aromatic carbocycles. The maximum absolute atomic E-state index is 13.5. The van der Waals surface area contributed by atoms with Crippen molar-refractivity contribution in [3.05, 3.63) is 102 Å². The van der Waals surface area contributed by atoms with Crippen molar-refractivity contribution < 1.29 is 19.0 Å². The first-order valence-corrected chi connectivity index (χ1v) is 9.50. The van der Waals surface area contributed by atoms with E-state index in [-0.39, 0.29) is 18.0 Å².